The molecule has 1 aliphatic rings. The molecule has 1 saturated heterocycles. The Bertz CT molecular complexity index is 307. The zero-order chi connectivity index (χ0) is 10.7. The van der Waals surface area contributed by atoms with Crippen molar-refractivity contribution in [3.05, 3.63) is 16.1 Å². The van der Waals surface area contributed by atoms with Gasteiger partial charge in [-0.15, -0.1) is 11.3 Å². The summed E-state index contributed by atoms with van der Waals surface area (Å²) in [5.74, 6) is 0.733. The minimum absolute atomic E-state index is 0.166. The Hall–Kier alpha value is -0.450. The van der Waals surface area contributed by atoms with Crippen LogP contribution in [0.15, 0.2) is 6.20 Å². The molecule has 1 aromatic rings. The first-order chi connectivity index (χ1) is 7.25. The third kappa shape index (κ3) is 3.00. The lowest BCUT2D eigenvalue weighted by atomic mass is 9.92. The molecule has 2 N–H and O–H groups in total. The highest BCUT2D eigenvalue weighted by Gasteiger charge is 2.19. The van der Waals surface area contributed by atoms with Crippen molar-refractivity contribution in [1.82, 2.24) is 4.98 Å². The van der Waals surface area contributed by atoms with E-state index in [0.29, 0.717) is 0 Å². The first-order valence-corrected chi connectivity index (χ1v) is 6.33. The fourth-order valence-electron chi connectivity index (χ4n) is 2.01. The Morgan fingerprint density at radius 1 is 1.60 bits per heavy atom. The molecule has 4 heteroatoms. The molecule has 0 bridgehead atoms. The predicted octanol–water partition coefficient (Wildman–Crippen LogP) is 2.27. The summed E-state index contributed by atoms with van der Waals surface area (Å²) in [6, 6.07) is 0.166. The van der Waals surface area contributed by atoms with E-state index in [1.807, 2.05) is 13.1 Å². The van der Waals surface area contributed by atoms with E-state index in [2.05, 4.69) is 4.98 Å². The third-order valence-electron chi connectivity index (χ3n) is 2.93. The normalized spacial score (nSPS) is 20.4. The maximum Gasteiger partial charge on any atom is 0.0897 e. The number of ether oxygens (including phenoxy) is 1. The van der Waals surface area contributed by atoms with Crippen molar-refractivity contribution in [3.8, 4) is 0 Å². The molecular formula is C11H18N2OS. The van der Waals surface area contributed by atoms with Gasteiger partial charge in [-0.3, -0.25) is 0 Å². The molecule has 0 saturated carbocycles. The molecule has 0 aromatic carbocycles. The Morgan fingerprint density at radius 2 is 2.33 bits per heavy atom. The molecule has 3 nitrogen and oxygen atoms in total. The smallest absolute Gasteiger partial charge is 0.0897 e. The Labute approximate surface area is 94.7 Å². The van der Waals surface area contributed by atoms with Crippen LogP contribution in [0.5, 0.6) is 0 Å². The van der Waals surface area contributed by atoms with Crippen molar-refractivity contribution >= 4 is 11.3 Å². The topological polar surface area (TPSA) is 48.1 Å². The highest BCUT2D eigenvalue weighted by molar-refractivity contribution is 7.11. The van der Waals surface area contributed by atoms with E-state index >= 15 is 0 Å². The average Bonchev–Trinajstić information content (AvgIpc) is 2.66. The second kappa shape index (κ2) is 5.05. The molecule has 0 aliphatic carbocycles. The standard InChI is InChI=1S/C11H18N2OS/c1-8-13-7-11(15-8)10(12)6-9-2-4-14-5-3-9/h7,9-10H,2-6,12H2,1H3. The molecule has 15 heavy (non-hydrogen) atoms. The van der Waals surface area contributed by atoms with Gasteiger partial charge in [0.15, 0.2) is 0 Å². The summed E-state index contributed by atoms with van der Waals surface area (Å²) in [4.78, 5) is 5.47. The van der Waals surface area contributed by atoms with Crippen LogP contribution in [0, 0.1) is 12.8 Å². The van der Waals surface area contributed by atoms with Crippen LogP contribution in [0.2, 0.25) is 0 Å². The molecule has 0 radical (unpaired) electrons. The monoisotopic (exact) mass is 226 g/mol. The zero-order valence-electron chi connectivity index (χ0n) is 9.11. The van der Waals surface area contributed by atoms with E-state index in [-0.39, 0.29) is 6.04 Å². The second-order valence-corrected chi connectivity index (χ2v) is 5.45. The SMILES string of the molecule is Cc1ncc(C(N)CC2CCOCC2)s1. The van der Waals surface area contributed by atoms with Gasteiger partial charge in [0.1, 0.15) is 0 Å². The van der Waals surface area contributed by atoms with E-state index in [4.69, 9.17) is 10.5 Å². The summed E-state index contributed by atoms with van der Waals surface area (Å²) in [6.07, 6.45) is 5.31. The molecule has 84 valence electrons. The number of hydrogen-bond donors (Lipinski definition) is 1. The van der Waals surface area contributed by atoms with E-state index in [0.717, 1.165) is 43.4 Å². The number of thiazole rings is 1. The van der Waals surface area contributed by atoms with Crippen LogP contribution in [-0.2, 0) is 4.74 Å². The van der Waals surface area contributed by atoms with E-state index in [9.17, 15) is 0 Å². The van der Waals surface area contributed by atoms with Crippen LogP contribution in [0.4, 0.5) is 0 Å². The van der Waals surface area contributed by atoms with Crippen molar-refractivity contribution in [2.45, 2.75) is 32.2 Å². The first-order valence-electron chi connectivity index (χ1n) is 5.51. The number of nitrogens with zero attached hydrogens (tertiary/aromatic N) is 1. The van der Waals surface area contributed by atoms with Gasteiger partial charge in [-0.1, -0.05) is 0 Å². The molecule has 1 aromatic heterocycles. The maximum absolute atomic E-state index is 6.17. The first kappa shape index (κ1) is 11.0. The molecule has 1 aliphatic heterocycles. The van der Waals surface area contributed by atoms with Gasteiger partial charge in [0.2, 0.25) is 0 Å². The molecule has 1 unspecified atom stereocenters. The van der Waals surface area contributed by atoms with Gasteiger partial charge in [-0.2, -0.15) is 0 Å². The summed E-state index contributed by atoms with van der Waals surface area (Å²) in [5.41, 5.74) is 6.17. The van der Waals surface area contributed by atoms with Crippen molar-refractivity contribution < 1.29 is 4.74 Å². The molecular weight excluding hydrogens is 208 g/mol. The molecule has 1 fully saturated rings. The fourth-order valence-corrected chi connectivity index (χ4v) is 2.81. The molecule has 2 rings (SSSR count). The molecule has 0 amide bonds. The van der Waals surface area contributed by atoms with Gasteiger partial charge in [0.25, 0.3) is 0 Å². The van der Waals surface area contributed by atoms with E-state index in [1.165, 1.54) is 4.88 Å². The number of rotatable bonds is 3. The summed E-state index contributed by atoms with van der Waals surface area (Å²) < 4.78 is 5.34. The second-order valence-electron chi connectivity index (χ2n) is 4.18. The fraction of sp³-hybridized carbons (Fsp3) is 0.727. The Balaban J connectivity index is 1.88. The van der Waals surface area contributed by atoms with Gasteiger partial charge >= 0.3 is 0 Å². The van der Waals surface area contributed by atoms with Gasteiger partial charge in [-0.05, 0) is 32.1 Å². The van der Waals surface area contributed by atoms with Gasteiger partial charge in [0.05, 0.1) is 5.01 Å². The van der Waals surface area contributed by atoms with Crippen LogP contribution < -0.4 is 5.73 Å². The number of aromatic nitrogens is 1. The van der Waals surface area contributed by atoms with Crippen LogP contribution >= 0.6 is 11.3 Å². The Morgan fingerprint density at radius 3 is 2.93 bits per heavy atom. The minimum atomic E-state index is 0.166. The lowest BCUT2D eigenvalue weighted by Crippen LogP contribution is -2.21. The van der Waals surface area contributed by atoms with E-state index in [1.54, 1.807) is 11.3 Å². The minimum Gasteiger partial charge on any atom is -0.381 e. The zero-order valence-corrected chi connectivity index (χ0v) is 9.93. The summed E-state index contributed by atoms with van der Waals surface area (Å²) >= 11 is 1.72. The maximum atomic E-state index is 6.17. The van der Waals surface area contributed by atoms with Gasteiger partial charge in [-0.25, -0.2) is 4.98 Å². The van der Waals surface area contributed by atoms with E-state index < -0.39 is 0 Å². The van der Waals surface area contributed by atoms with Crippen molar-refractivity contribution in [2.24, 2.45) is 11.7 Å². The largest absolute Gasteiger partial charge is 0.381 e. The quantitative estimate of drug-likeness (QED) is 0.860. The lowest BCUT2D eigenvalue weighted by Gasteiger charge is -2.24. The molecule has 0 spiro atoms. The number of nitrogens with two attached hydrogens (primary N) is 1. The molecule has 2 heterocycles. The van der Waals surface area contributed by atoms with Crippen LogP contribution in [-0.4, -0.2) is 18.2 Å². The van der Waals surface area contributed by atoms with Crippen molar-refractivity contribution in [3.63, 3.8) is 0 Å². The van der Waals surface area contributed by atoms with Crippen molar-refractivity contribution in [1.29, 1.82) is 0 Å². The number of aryl methyl sites for hydroxylation is 1. The Kier molecular flexibility index (Phi) is 3.72. The predicted molar refractivity (Wildman–Crippen MR) is 61.9 cm³/mol. The average molecular weight is 226 g/mol. The number of hydrogen-bond acceptors (Lipinski definition) is 4. The summed E-state index contributed by atoms with van der Waals surface area (Å²) in [7, 11) is 0. The highest BCUT2D eigenvalue weighted by Crippen LogP contribution is 2.28. The highest BCUT2D eigenvalue weighted by atomic mass is 32.1. The van der Waals surface area contributed by atoms with Gasteiger partial charge in [0, 0.05) is 30.3 Å². The van der Waals surface area contributed by atoms with Crippen molar-refractivity contribution in [2.75, 3.05) is 13.2 Å². The lowest BCUT2D eigenvalue weighted by molar-refractivity contribution is 0.0619. The third-order valence-corrected chi connectivity index (χ3v) is 3.98. The molecule has 1 atom stereocenters. The van der Waals surface area contributed by atoms with Crippen LogP contribution in [0.25, 0.3) is 0 Å². The van der Waals surface area contributed by atoms with Crippen LogP contribution in [0.1, 0.15) is 35.2 Å². The van der Waals surface area contributed by atoms with Gasteiger partial charge < -0.3 is 10.5 Å². The summed E-state index contributed by atoms with van der Waals surface area (Å²) in [5, 5.41) is 1.10. The summed E-state index contributed by atoms with van der Waals surface area (Å²) in [6.45, 7) is 3.83. The van der Waals surface area contributed by atoms with Crippen LogP contribution in [0.3, 0.4) is 0 Å².